The van der Waals surface area contributed by atoms with Crippen LogP contribution in [-0.4, -0.2) is 37.3 Å². The second-order valence-electron chi connectivity index (χ2n) is 4.29. The third kappa shape index (κ3) is 5.42. The van der Waals surface area contributed by atoms with Crippen LogP contribution in [0.3, 0.4) is 0 Å². The van der Waals surface area contributed by atoms with Gasteiger partial charge in [0, 0.05) is 29.5 Å². The molecule has 2 nitrogen and oxygen atoms in total. The Morgan fingerprint density at radius 3 is 3.24 bits per heavy atom. The van der Waals surface area contributed by atoms with Crippen LogP contribution >= 0.6 is 23.1 Å². The standard InChI is InChI=1S/C13H21NOS2/c1-3-12(15-8-1)11-16-10-7-14-6-5-13-4-2-9-17-13/h2,4,9,12,14H,1,3,5-8,10-11H2. The van der Waals surface area contributed by atoms with Crippen LogP contribution in [0.15, 0.2) is 17.5 Å². The van der Waals surface area contributed by atoms with Crippen molar-refractivity contribution in [2.24, 2.45) is 0 Å². The predicted octanol–water partition coefficient (Wildman–Crippen LogP) is 2.79. The number of thiophene rings is 1. The molecule has 1 saturated heterocycles. The van der Waals surface area contributed by atoms with E-state index in [1.807, 2.05) is 23.1 Å². The van der Waals surface area contributed by atoms with E-state index in [9.17, 15) is 0 Å². The summed E-state index contributed by atoms with van der Waals surface area (Å²) in [5.41, 5.74) is 0. The van der Waals surface area contributed by atoms with Crippen molar-refractivity contribution in [1.29, 1.82) is 0 Å². The van der Waals surface area contributed by atoms with Crippen molar-refractivity contribution in [3.8, 4) is 0 Å². The van der Waals surface area contributed by atoms with Crippen LogP contribution in [0.2, 0.25) is 0 Å². The van der Waals surface area contributed by atoms with Crippen molar-refractivity contribution >= 4 is 23.1 Å². The van der Waals surface area contributed by atoms with Gasteiger partial charge in [0.15, 0.2) is 0 Å². The first kappa shape index (κ1) is 13.4. The van der Waals surface area contributed by atoms with Gasteiger partial charge in [0.25, 0.3) is 0 Å². The number of ether oxygens (including phenoxy) is 1. The topological polar surface area (TPSA) is 21.3 Å². The van der Waals surface area contributed by atoms with Crippen LogP contribution in [-0.2, 0) is 11.2 Å². The van der Waals surface area contributed by atoms with Crippen molar-refractivity contribution in [3.05, 3.63) is 22.4 Å². The maximum Gasteiger partial charge on any atom is 0.0666 e. The second-order valence-corrected chi connectivity index (χ2v) is 6.47. The molecule has 0 bridgehead atoms. The molecule has 1 fully saturated rings. The Balaban J connectivity index is 1.39. The van der Waals surface area contributed by atoms with Gasteiger partial charge < -0.3 is 10.1 Å². The highest BCUT2D eigenvalue weighted by molar-refractivity contribution is 7.99. The summed E-state index contributed by atoms with van der Waals surface area (Å²) in [6.07, 6.45) is 4.21. The van der Waals surface area contributed by atoms with Crippen LogP contribution in [0, 0.1) is 0 Å². The number of rotatable bonds is 8. The summed E-state index contributed by atoms with van der Waals surface area (Å²) in [6, 6.07) is 4.33. The molecule has 0 saturated carbocycles. The zero-order chi connectivity index (χ0) is 11.8. The molecule has 96 valence electrons. The largest absolute Gasteiger partial charge is 0.377 e. The van der Waals surface area contributed by atoms with Gasteiger partial charge in [-0.3, -0.25) is 0 Å². The zero-order valence-electron chi connectivity index (χ0n) is 10.2. The van der Waals surface area contributed by atoms with Crippen molar-refractivity contribution < 1.29 is 4.74 Å². The van der Waals surface area contributed by atoms with Gasteiger partial charge >= 0.3 is 0 Å². The Morgan fingerprint density at radius 1 is 1.47 bits per heavy atom. The average molecular weight is 271 g/mol. The highest BCUT2D eigenvalue weighted by Crippen LogP contribution is 2.16. The summed E-state index contributed by atoms with van der Waals surface area (Å²) in [7, 11) is 0. The molecule has 0 aliphatic carbocycles. The molecular formula is C13H21NOS2. The normalized spacial score (nSPS) is 19.9. The number of nitrogens with one attached hydrogen (secondary N) is 1. The molecule has 1 aliphatic heterocycles. The summed E-state index contributed by atoms with van der Waals surface area (Å²) in [4.78, 5) is 1.48. The van der Waals surface area contributed by atoms with Gasteiger partial charge in [0.1, 0.15) is 0 Å². The van der Waals surface area contributed by atoms with Gasteiger partial charge in [-0.2, -0.15) is 11.8 Å². The molecule has 2 rings (SSSR count). The van der Waals surface area contributed by atoms with Gasteiger partial charge in [-0.25, -0.2) is 0 Å². The lowest BCUT2D eigenvalue weighted by Crippen LogP contribution is -2.20. The molecule has 0 spiro atoms. The fourth-order valence-corrected chi connectivity index (χ4v) is 3.62. The summed E-state index contributed by atoms with van der Waals surface area (Å²) in [5, 5.41) is 5.64. The van der Waals surface area contributed by atoms with E-state index in [0.29, 0.717) is 6.10 Å². The molecule has 1 N–H and O–H groups in total. The molecule has 1 atom stereocenters. The Kier molecular flexibility index (Phi) is 6.42. The Hall–Kier alpha value is -0.0300. The lowest BCUT2D eigenvalue weighted by molar-refractivity contribution is 0.129. The van der Waals surface area contributed by atoms with Crippen LogP contribution in [0.25, 0.3) is 0 Å². The maximum absolute atomic E-state index is 5.59. The minimum atomic E-state index is 0.533. The van der Waals surface area contributed by atoms with Crippen LogP contribution in [0.5, 0.6) is 0 Å². The van der Waals surface area contributed by atoms with Gasteiger partial charge in [-0.05, 0) is 37.3 Å². The van der Waals surface area contributed by atoms with Gasteiger partial charge in [0.05, 0.1) is 6.10 Å². The van der Waals surface area contributed by atoms with Crippen molar-refractivity contribution in [1.82, 2.24) is 5.32 Å². The lowest BCUT2D eigenvalue weighted by Gasteiger charge is -2.08. The van der Waals surface area contributed by atoms with Crippen molar-refractivity contribution in [2.45, 2.75) is 25.4 Å². The first-order chi connectivity index (χ1) is 8.45. The van der Waals surface area contributed by atoms with E-state index in [4.69, 9.17) is 4.74 Å². The quantitative estimate of drug-likeness (QED) is 0.735. The second kappa shape index (κ2) is 8.14. The molecule has 0 aromatic carbocycles. The molecule has 1 aromatic heterocycles. The highest BCUT2D eigenvalue weighted by Gasteiger charge is 2.14. The molecule has 0 amide bonds. The SMILES string of the molecule is c1csc(CCNCCSCC2CCCO2)c1. The minimum absolute atomic E-state index is 0.533. The fourth-order valence-electron chi connectivity index (χ4n) is 1.93. The van der Waals surface area contributed by atoms with Gasteiger partial charge in [-0.15, -0.1) is 11.3 Å². The molecular weight excluding hydrogens is 250 g/mol. The first-order valence-electron chi connectivity index (χ1n) is 6.37. The van der Waals surface area contributed by atoms with Gasteiger partial charge in [-0.1, -0.05) is 6.07 Å². The molecule has 1 unspecified atom stereocenters. The maximum atomic E-state index is 5.59. The van der Waals surface area contributed by atoms with E-state index >= 15 is 0 Å². The van der Waals surface area contributed by atoms with E-state index < -0.39 is 0 Å². The van der Waals surface area contributed by atoms with Gasteiger partial charge in [0.2, 0.25) is 0 Å². The van der Waals surface area contributed by atoms with Crippen molar-refractivity contribution in [3.63, 3.8) is 0 Å². The third-order valence-electron chi connectivity index (χ3n) is 2.88. The predicted molar refractivity (Wildman–Crippen MR) is 77.2 cm³/mol. The molecule has 1 aliphatic rings. The van der Waals surface area contributed by atoms with Crippen LogP contribution in [0.4, 0.5) is 0 Å². The number of hydrogen-bond acceptors (Lipinski definition) is 4. The van der Waals surface area contributed by atoms with E-state index in [2.05, 4.69) is 22.8 Å². The van der Waals surface area contributed by atoms with Crippen molar-refractivity contribution in [2.75, 3.05) is 31.2 Å². The van der Waals surface area contributed by atoms with E-state index in [0.717, 1.165) is 26.1 Å². The Labute approximate surface area is 112 Å². The van der Waals surface area contributed by atoms with E-state index in [1.165, 1.54) is 29.2 Å². The fraction of sp³-hybridized carbons (Fsp3) is 0.692. The number of thioether (sulfide) groups is 1. The third-order valence-corrected chi connectivity index (χ3v) is 4.92. The zero-order valence-corrected chi connectivity index (χ0v) is 11.8. The highest BCUT2D eigenvalue weighted by atomic mass is 32.2. The summed E-state index contributed by atoms with van der Waals surface area (Å²) in [6.45, 7) is 3.19. The Bertz CT molecular complexity index is 284. The Morgan fingerprint density at radius 2 is 2.47 bits per heavy atom. The average Bonchev–Trinajstić information content (AvgIpc) is 3.00. The number of hydrogen-bond donors (Lipinski definition) is 1. The summed E-state index contributed by atoms with van der Waals surface area (Å²) < 4.78 is 5.59. The molecule has 0 radical (unpaired) electrons. The smallest absolute Gasteiger partial charge is 0.0666 e. The molecule has 2 heterocycles. The molecule has 17 heavy (non-hydrogen) atoms. The van der Waals surface area contributed by atoms with E-state index in [-0.39, 0.29) is 0 Å². The molecule has 4 heteroatoms. The lowest BCUT2D eigenvalue weighted by atomic mass is 10.3. The van der Waals surface area contributed by atoms with Crippen LogP contribution < -0.4 is 5.32 Å². The van der Waals surface area contributed by atoms with E-state index in [1.54, 1.807) is 0 Å². The first-order valence-corrected chi connectivity index (χ1v) is 8.41. The summed E-state index contributed by atoms with van der Waals surface area (Å²) >= 11 is 3.86. The monoisotopic (exact) mass is 271 g/mol. The summed E-state index contributed by atoms with van der Waals surface area (Å²) in [5.74, 6) is 2.37. The minimum Gasteiger partial charge on any atom is -0.377 e. The molecule has 1 aromatic rings. The van der Waals surface area contributed by atoms with Crippen LogP contribution in [0.1, 0.15) is 17.7 Å².